The Balaban J connectivity index is 1.85. The number of halogens is 2. The van der Waals surface area contributed by atoms with Crippen molar-refractivity contribution in [2.75, 3.05) is 5.43 Å². The Bertz CT molecular complexity index is 973. The van der Waals surface area contributed by atoms with E-state index in [1.54, 1.807) is 0 Å². The molecule has 0 fully saturated rings. The maximum Gasteiger partial charge on any atom is 0.196 e. The molecule has 0 radical (unpaired) electrons. The molecule has 3 rings (SSSR count). The number of anilines is 1. The van der Waals surface area contributed by atoms with E-state index in [2.05, 4.69) is 37.5 Å². The minimum Gasteiger partial charge on any atom is -0.277 e. The monoisotopic (exact) mass is 430 g/mol. The first-order valence-corrected chi connectivity index (χ1v) is 9.33. The topological polar surface area (TPSA) is 61.1 Å². The van der Waals surface area contributed by atoms with Gasteiger partial charge < -0.3 is 0 Å². The molecule has 0 saturated heterocycles. The van der Waals surface area contributed by atoms with Gasteiger partial charge in [-0.25, -0.2) is 4.98 Å². The van der Waals surface area contributed by atoms with Crippen LogP contribution in [0.5, 0.6) is 0 Å². The predicted octanol–water partition coefficient (Wildman–Crippen LogP) is 5.87. The molecular formula is C18H12BrClN4S. The number of aromatic nitrogens is 1. The third-order valence-corrected chi connectivity index (χ3v) is 5.04. The number of hydrogen-bond acceptors (Lipinski definition) is 5. The van der Waals surface area contributed by atoms with Crippen molar-refractivity contribution in [3.8, 4) is 17.3 Å². The molecule has 0 bridgehead atoms. The third kappa shape index (κ3) is 4.26. The van der Waals surface area contributed by atoms with E-state index in [0.717, 1.165) is 27.0 Å². The summed E-state index contributed by atoms with van der Waals surface area (Å²) in [5.74, 6) is 0. The van der Waals surface area contributed by atoms with Crippen molar-refractivity contribution < 1.29 is 0 Å². The van der Waals surface area contributed by atoms with Crippen LogP contribution in [0, 0.1) is 18.3 Å². The summed E-state index contributed by atoms with van der Waals surface area (Å²) in [7, 11) is 0. The molecule has 4 nitrogen and oxygen atoms in total. The van der Waals surface area contributed by atoms with Crippen LogP contribution in [0.15, 0.2) is 57.4 Å². The minimum absolute atomic E-state index is 0.224. The maximum atomic E-state index is 9.38. The molecule has 1 N–H and O–H groups in total. The van der Waals surface area contributed by atoms with Crippen molar-refractivity contribution >= 4 is 50.3 Å². The van der Waals surface area contributed by atoms with Crippen LogP contribution in [0.1, 0.15) is 10.6 Å². The molecule has 3 aromatic rings. The molecule has 25 heavy (non-hydrogen) atoms. The average Bonchev–Trinajstić information content (AvgIpc) is 3.06. The van der Waals surface area contributed by atoms with Crippen molar-refractivity contribution in [3.05, 3.63) is 67.9 Å². The Morgan fingerprint density at radius 1 is 1.28 bits per heavy atom. The lowest BCUT2D eigenvalue weighted by Crippen LogP contribution is -2.01. The molecule has 0 unspecified atom stereocenters. The van der Waals surface area contributed by atoms with Crippen molar-refractivity contribution in [2.45, 2.75) is 6.92 Å². The molecule has 0 saturated carbocycles. The zero-order chi connectivity index (χ0) is 17.8. The predicted molar refractivity (Wildman–Crippen MR) is 107 cm³/mol. The SMILES string of the molecule is Cc1ccc(-c2csc(C(C#N)=NNc3ccc(Br)cc3)n2)c(Cl)c1. The van der Waals surface area contributed by atoms with E-state index >= 15 is 0 Å². The smallest absolute Gasteiger partial charge is 0.196 e. The largest absolute Gasteiger partial charge is 0.277 e. The van der Waals surface area contributed by atoms with E-state index < -0.39 is 0 Å². The highest BCUT2D eigenvalue weighted by Gasteiger charge is 2.12. The van der Waals surface area contributed by atoms with Crippen molar-refractivity contribution in [1.29, 1.82) is 5.26 Å². The number of hydrogen-bond donors (Lipinski definition) is 1. The highest BCUT2D eigenvalue weighted by Crippen LogP contribution is 2.29. The van der Waals surface area contributed by atoms with Crippen LogP contribution in [-0.2, 0) is 0 Å². The number of thiazole rings is 1. The van der Waals surface area contributed by atoms with Gasteiger partial charge in [0.05, 0.1) is 16.4 Å². The molecule has 0 aliphatic heterocycles. The van der Waals surface area contributed by atoms with E-state index in [1.807, 2.05) is 54.8 Å². The lowest BCUT2D eigenvalue weighted by molar-refractivity contribution is 1.31. The van der Waals surface area contributed by atoms with E-state index in [0.29, 0.717) is 10.0 Å². The second-order valence-corrected chi connectivity index (χ2v) is 7.39. The van der Waals surface area contributed by atoms with Crippen LogP contribution in [-0.4, -0.2) is 10.7 Å². The standard InChI is InChI=1S/C18H12BrClN4S/c1-11-2-7-14(15(20)8-11)17-10-25-18(22-17)16(9-21)24-23-13-5-3-12(19)4-6-13/h2-8,10,23H,1H3. The van der Waals surface area contributed by atoms with Crippen molar-refractivity contribution in [2.24, 2.45) is 5.10 Å². The molecule has 0 amide bonds. The summed E-state index contributed by atoms with van der Waals surface area (Å²) in [6, 6.07) is 15.4. The van der Waals surface area contributed by atoms with Crippen molar-refractivity contribution in [3.63, 3.8) is 0 Å². The summed E-state index contributed by atoms with van der Waals surface area (Å²) in [5.41, 5.74) is 6.54. The van der Waals surface area contributed by atoms with Gasteiger partial charge in [-0.05, 0) is 42.8 Å². The molecule has 0 spiro atoms. The Hall–Kier alpha value is -2.20. The van der Waals surface area contributed by atoms with Gasteiger partial charge in [0.1, 0.15) is 6.07 Å². The summed E-state index contributed by atoms with van der Waals surface area (Å²) in [4.78, 5) is 4.50. The number of nitrogens with one attached hydrogen (secondary N) is 1. The van der Waals surface area contributed by atoms with E-state index in [4.69, 9.17) is 11.6 Å². The van der Waals surface area contributed by atoms with Gasteiger partial charge in [-0.3, -0.25) is 5.43 Å². The number of rotatable bonds is 4. The Kier molecular flexibility index (Phi) is 5.49. The number of hydrazone groups is 1. The second-order valence-electron chi connectivity index (χ2n) is 5.21. The van der Waals surface area contributed by atoms with Crippen LogP contribution >= 0.6 is 38.9 Å². The van der Waals surface area contributed by atoms with Crippen LogP contribution in [0.25, 0.3) is 11.3 Å². The summed E-state index contributed by atoms with van der Waals surface area (Å²) in [5, 5.41) is 16.6. The van der Waals surface area contributed by atoms with Gasteiger partial charge >= 0.3 is 0 Å². The normalized spacial score (nSPS) is 11.2. The number of nitriles is 1. The maximum absolute atomic E-state index is 9.38. The van der Waals surface area contributed by atoms with Gasteiger partial charge in [-0.15, -0.1) is 11.3 Å². The molecule has 2 aromatic carbocycles. The van der Waals surface area contributed by atoms with Crippen LogP contribution in [0.2, 0.25) is 5.02 Å². The zero-order valence-corrected chi connectivity index (χ0v) is 16.3. The first-order valence-electron chi connectivity index (χ1n) is 7.28. The Morgan fingerprint density at radius 2 is 2.04 bits per heavy atom. The van der Waals surface area contributed by atoms with Gasteiger partial charge in [0.25, 0.3) is 0 Å². The molecule has 7 heteroatoms. The third-order valence-electron chi connectivity index (χ3n) is 3.35. The van der Waals surface area contributed by atoms with Crippen LogP contribution in [0.4, 0.5) is 5.69 Å². The number of aryl methyl sites for hydroxylation is 1. The van der Waals surface area contributed by atoms with Gasteiger partial charge in [-0.2, -0.15) is 10.4 Å². The molecule has 0 atom stereocenters. The first-order chi connectivity index (χ1) is 12.1. The molecule has 0 aliphatic rings. The van der Waals surface area contributed by atoms with Crippen molar-refractivity contribution in [1.82, 2.24) is 4.98 Å². The van der Waals surface area contributed by atoms with E-state index in [-0.39, 0.29) is 5.71 Å². The summed E-state index contributed by atoms with van der Waals surface area (Å²) >= 11 is 11.0. The zero-order valence-electron chi connectivity index (χ0n) is 13.1. The lowest BCUT2D eigenvalue weighted by Gasteiger charge is -2.02. The van der Waals surface area contributed by atoms with Crippen LogP contribution in [0.3, 0.4) is 0 Å². The molecule has 1 aromatic heterocycles. The average molecular weight is 432 g/mol. The fraction of sp³-hybridized carbons (Fsp3) is 0.0556. The van der Waals surface area contributed by atoms with Gasteiger partial charge in [-0.1, -0.05) is 39.7 Å². The fourth-order valence-corrected chi connectivity index (χ4v) is 3.45. The Morgan fingerprint density at radius 3 is 2.72 bits per heavy atom. The summed E-state index contributed by atoms with van der Waals surface area (Å²) in [6.07, 6.45) is 0. The second kappa shape index (κ2) is 7.79. The summed E-state index contributed by atoms with van der Waals surface area (Å²) < 4.78 is 0.974. The quantitative estimate of drug-likeness (QED) is 0.415. The molecule has 1 heterocycles. The van der Waals surface area contributed by atoms with Gasteiger partial charge in [0, 0.05) is 15.4 Å². The highest BCUT2D eigenvalue weighted by molar-refractivity contribution is 9.10. The van der Waals surface area contributed by atoms with E-state index in [9.17, 15) is 5.26 Å². The Labute approximate surface area is 162 Å². The molecule has 124 valence electrons. The fourth-order valence-electron chi connectivity index (χ4n) is 2.10. The molecular weight excluding hydrogens is 420 g/mol. The number of nitrogens with zero attached hydrogens (tertiary/aromatic N) is 3. The van der Waals surface area contributed by atoms with E-state index in [1.165, 1.54) is 11.3 Å². The summed E-state index contributed by atoms with van der Waals surface area (Å²) in [6.45, 7) is 1.98. The number of benzene rings is 2. The lowest BCUT2D eigenvalue weighted by atomic mass is 10.1. The molecule has 0 aliphatic carbocycles. The minimum atomic E-state index is 0.224. The highest BCUT2D eigenvalue weighted by atomic mass is 79.9. The van der Waals surface area contributed by atoms with Gasteiger partial charge in [0.2, 0.25) is 0 Å². The van der Waals surface area contributed by atoms with Crippen LogP contribution < -0.4 is 5.43 Å². The first kappa shape index (κ1) is 17.6. The van der Waals surface area contributed by atoms with Gasteiger partial charge in [0.15, 0.2) is 10.7 Å².